The summed E-state index contributed by atoms with van der Waals surface area (Å²) in [6.45, 7) is 17.2. The van der Waals surface area contributed by atoms with Crippen LogP contribution in [-0.4, -0.2) is 32.9 Å². The molecular formula is C34H37B3O2. The van der Waals surface area contributed by atoms with Gasteiger partial charge in [0, 0.05) is 0 Å². The Labute approximate surface area is 236 Å². The molecule has 0 amide bonds. The molecule has 0 unspecified atom stereocenters. The molecule has 1 aliphatic rings. The van der Waals surface area contributed by atoms with E-state index in [4.69, 9.17) is 9.31 Å². The van der Waals surface area contributed by atoms with Crippen LogP contribution in [0.25, 0.3) is 11.1 Å². The highest BCUT2D eigenvalue weighted by Crippen LogP contribution is 2.36. The van der Waals surface area contributed by atoms with Gasteiger partial charge in [-0.2, -0.15) is 0 Å². The Morgan fingerprint density at radius 2 is 0.974 bits per heavy atom. The van der Waals surface area contributed by atoms with Crippen LogP contribution in [-0.2, 0) is 9.31 Å². The SMILES string of the molecule is Cc1cccc(C)c1[B]c1c(B2OC(C)(C)C(C)(C)O2)ccc(-c2ccccc2)c1[B]c1c(C)cccc1C. The van der Waals surface area contributed by atoms with Gasteiger partial charge in [0.25, 0.3) is 0 Å². The van der Waals surface area contributed by atoms with Crippen molar-refractivity contribution in [3.63, 3.8) is 0 Å². The normalized spacial score (nSPS) is 15.8. The fraction of sp³-hybridized carbons (Fsp3) is 0.294. The maximum Gasteiger partial charge on any atom is 0.494 e. The summed E-state index contributed by atoms with van der Waals surface area (Å²) in [5.41, 5.74) is 12.4. The molecule has 1 heterocycles. The fourth-order valence-electron chi connectivity index (χ4n) is 5.41. The Kier molecular flexibility index (Phi) is 7.44. The van der Waals surface area contributed by atoms with Gasteiger partial charge in [-0.15, -0.1) is 0 Å². The van der Waals surface area contributed by atoms with E-state index in [1.165, 1.54) is 49.8 Å². The van der Waals surface area contributed by atoms with Crippen molar-refractivity contribution >= 4 is 49.0 Å². The largest absolute Gasteiger partial charge is 0.494 e. The lowest BCUT2D eigenvalue weighted by Gasteiger charge is -2.32. The highest BCUT2D eigenvalue weighted by Gasteiger charge is 2.52. The van der Waals surface area contributed by atoms with Gasteiger partial charge in [-0.05, 0) is 72.0 Å². The van der Waals surface area contributed by atoms with Crippen LogP contribution in [0.3, 0.4) is 0 Å². The summed E-state index contributed by atoms with van der Waals surface area (Å²) < 4.78 is 13.3. The first kappa shape index (κ1) is 27.6. The topological polar surface area (TPSA) is 18.5 Å². The molecule has 0 aliphatic carbocycles. The van der Waals surface area contributed by atoms with Gasteiger partial charge < -0.3 is 9.31 Å². The lowest BCUT2D eigenvalue weighted by atomic mass is 9.46. The standard InChI is InChI=1S/C34H37B3O2/c1-22-14-12-15-23(2)29(22)35-31-27(26-18-10-9-11-19-26)20-21-28(37-38-33(5,6)34(7,8)39-37)32(31)36-30-24(3)16-13-17-25(30)4/h9-21H,1-8H3. The van der Waals surface area contributed by atoms with Crippen molar-refractivity contribution in [1.82, 2.24) is 0 Å². The quantitative estimate of drug-likeness (QED) is 0.363. The van der Waals surface area contributed by atoms with Crippen LogP contribution in [0.1, 0.15) is 49.9 Å². The van der Waals surface area contributed by atoms with Gasteiger partial charge in [0.05, 0.1) is 11.2 Å². The molecule has 39 heavy (non-hydrogen) atoms. The maximum absolute atomic E-state index is 6.63. The summed E-state index contributed by atoms with van der Waals surface area (Å²) in [6, 6.07) is 28.1. The van der Waals surface area contributed by atoms with Crippen LogP contribution in [0.5, 0.6) is 0 Å². The van der Waals surface area contributed by atoms with E-state index < -0.39 is 18.3 Å². The molecular weight excluding hydrogens is 473 g/mol. The molecule has 1 saturated heterocycles. The highest BCUT2D eigenvalue weighted by atomic mass is 16.7. The molecule has 1 aliphatic heterocycles. The summed E-state index contributed by atoms with van der Waals surface area (Å²) in [4.78, 5) is 0. The minimum atomic E-state index is -0.472. The molecule has 4 aromatic rings. The molecule has 2 radical (unpaired) electrons. The Morgan fingerprint density at radius 1 is 0.513 bits per heavy atom. The third-order valence-corrected chi connectivity index (χ3v) is 8.57. The monoisotopic (exact) mass is 510 g/mol. The summed E-state index contributed by atoms with van der Waals surface area (Å²) in [7, 11) is 4.23. The third kappa shape index (κ3) is 5.27. The van der Waals surface area contributed by atoms with E-state index in [0.29, 0.717) is 0 Å². The summed E-state index contributed by atoms with van der Waals surface area (Å²) in [6.07, 6.45) is 0. The van der Waals surface area contributed by atoms with E-state index in [-0.39, 0.29) is 0 Å². The zero-order valence-corrected chi connectivity index (χ0v) is 24.6. The Hall–Kier alpha value is -3.01. The fourth-order valence-corrected chi connectivity index (χ4v) is 5.41. The highest BCUT2D eigenvalue weighted by molar-refractivity contribution is 6.85. The minimum absolute atomic E-state index is 0.428. The first-order valence-electron chi connectivity index (χ1n) is 13.9. The average Bonchev–Trinajstić information content (AvgIpc) is 3.11. The van der Waals surface area contributed by atoms with Gasteiger partial charge in [-0.1, -0.05) is 123 Å². The Balaban J connectivity index is 1.78. The van der Waals surface area contributed by atoms with Crippen LogP contribution in [0.15, 0.2) is 78.9 Å². The Bertz CT molecular complexity index is 1450. The van der Waals surface area contributed by atoms with Crippen molar-refractivity contribution < 1.29 is 9.31 Å². The molecule has 1 fully saturated rings. The van der Waals surface area contributed by atoms with E-state index >= 15 is 0 Å². The molecule has 2 nitrogen and oxygen atoms in total. The number of rotatable bonds is 6. The zero-order chi connectivity index (χ0) is 27.9. The van der Waals surface area contributed by atoms with Crippen molar-refractivity contribution in [3.8, 4) is 11.1 Å². The second-order valence-electron chi connectivity index (χ2n) is 11.9. The first-order valence-corrected chi connectivity index (χ1v) is 13.9. The molecule has 0 N–H and O–H groups in total. The molecule has 0 spiro atoms. The lowest BCUT2D eigenvalue weighted by Crippen LogP contribution is -2.58. The van der Waals surface area contributed by atoms with Gasteiger partial charge in [-0.3, -0.25) is 0 Å². The predicted molar refractivity (Wildman–Crippen MR) is 169 cm³/mol. The van der Waals surface area contributed by atoms with Gasteiger partial charge in [0.1, 0.15) is 0 Å². The number of aryl methyl sites for hydroxylation is 4. The molecule has 0 atom stereocenters. The second kappa shape index (κ2) is 10.5. The lowest BCUT2D eigenvalue weighted by molar-refractivity contribution is 0.00578. The van der Waals surface area contributed by atoms with E-state index in [0.717, 1.165) is 10.9 Å². The molecule has 0 saturated carbocycles. The molecule has 0 aromatic heterocycles. The molecule has 5 rings (SSSR count). The summed E-state index contributed by atoms with van der Waals surface area (Å²) in [5, 5.41) is 0. The third-order valence-electron chi connectivity index (χ3n) is 8.57. The van der Waals surface area contributed by atoms with Gasteiger partial charge >= 0.3 is 7.12 Å². The van der Waals surface area contributed by atoms with Gasteiger partial charge in [-0.25, -0.2) is 0 Å². The molecule has 0 bridgehead atoms. The van der Waals surface area contributed by atoms with Crippen molar-refractivity contribution in [2.45, 2.75) is 66.6 Å². The summed E-state index contributed by atoms with van der Waals surface area (Å²) in [5.74, 6) is 0. The molecule has 5 heteroatoms. The predicted octanol–water partition coefficient (Wildman–Crippen LogP) is 4.20. The van der Waals surface area contributed by atoms with E-state index in [1.807, 2.05) is 0 Å². The van der Waals surface area contributed by atoms with Crippen LogP contribution in [0.4, 0.5) is 0 Å². The van der Waals surface area contributed by atoms with Gasteiger partial charge in [0.2, 0.25) is 0 Å². The van der Waals surface area contributed by atoms with Crippen LogP contribution in [0.2, 0.25) is 0 Å². The number of benzene rings is 4. The van der Waals surface area contributed by atoms with Gasteiger partial charge in [0.15, 0.2) is 14.6 Å². The molecule has 194 valence electrons. The first-order chi connectivity index (χ1) is 18.5. The number of hydrogen-bond acceptors (Lipinski definition) is 2. The van der Waals surface area contributed by atoms with Crippen molar-refractivity contribution in [1.29, 1.82) is 0 Å². The van der Waals surface area contributed by atoms with Crippen LogP contribution >= 0.6 is 0 Å². The van der Waals surface area contributed by atoms with Crippen LogP contribution in [0, 0.1) is 27.7 Å². The van der Waals surface area contributed by atoms with E-state index in [9.17, 15) is 0 Å². The van der Waals surface area contributed by atoms with Crippen molar-refractivity contribution in [3.05, 3.63) is 101 Å². The van der Waals surface area contributed by atoms with Crippen molar-refractivity contribution in [2.24, 2.45) is 0 Å². The number of hydrogen-bond donors (Lipinski definition) is 0. The zero-order valence-electron chi connectivity index (χ0n) is 24.6. The van der Waals surface area contributed by atoms with E-state index in [2.05, 4.69) is 149 Å². The van der Waals surface area contributed by atoms with E-state index in [1.54, 1.807) is 0 Å². The minimum Gasteiger partial charge on any atom is -0.399 e. The maximum atomic E-state index is 6.63. The average molecular weight is 510 g/mol. The van der Waals surface area contributed by atoms with Crippen LogP contribution < -0.4 is 27.3 Å². The van der Waals surface area contributed by atoms with Crippen molar-refractivity contribution in [2.75, 3.05) is 0 Å². The second-order valence-corrected chi connectivity index (χ2v) is 11.9. The smallest absolute Gasteiger partial charge is 0.399 e. The Morgan fingerprint density at radius 3 is 1.46 bits per heavy atom. The summed E-state index contributed by atoms with van der Waals surface area (Å²) >= 11 is 0. The molecule has 4 aromatic carbocycles.